The fourth-order valence-electron chi connectivity index (χ4n) is 1.01. The molecule has 7 heteroatoms. The van der Waals surface area contributed by atoms with Crippen LogP contribution in [0.25, 0.3) is 0 Å². The molecular weight excluding hydrogens is 189 g/mol. The zero-order valence-corrected chi connectivity index (χ0v) is 7.38. The largest absolute Gasteiger partial charge is 0.490 e. The van der Waals surface area contributed by atoms with E-state index < -0.39 is 12.0 Å². The van der Waals surface area contributed by atoms with Crippen LogP contribution in [-0.4, -0.2) is 29.2 Å². The molecule has 1 aromatic rings. The molecule has 0 aliphatic carbocycles. The summed E-state index contributed by atoms with van der Waals surface area (Å²) in [5, 5.41) is 28.1. The molecule has 0 aliphatic heterocycles. The Kier molecular flexibility index (Phi) is 3.05. The quantitative estimate of drug-likeness (QED) is 0.379. The number of hydrogen-bond acceptors (Lipinski definition) is 5. The summed E-state index contributed by atoms with van der Waals surface area (Å²) in [5.74, 6) is 0.0828. The van der Waals surface area contributed by atoms with Gasteiger partial charge in [0.25, 0.3) is 0 Å². The zero-order chi connectivity index (χ0) is 10.7. The number of methoxy groups -OCH3 is 1. The maximum absolute atomic E-state index is 10.5. The highest BCUT2D eigenvalue weighted by Gasteiger charge is 2.19. The van der Waals surface area contributed by atoms with Crippen molar-refractivity contribution < 1.29 is 19.7 Å². The molecule has 14 heavy (non-hydrogen) atoms. The minimum Gasteiger partial charge on any atom is -0.490 e. The lowest BCUT2D eigenvalue weighted by Gasteiger charge is -2.03. The van der Waals surface area contributed by atoms with Gasteiger partial charge in [-0.25, -0.2) is 0 Å². The Hall–Kier alpha value is -1.60. The first-order valence-electron chi connectivity index (χ1n) is 3.74. The highest BCUT2D eigenvalue weighted by Crippen LogP contribution is 2.24. The molecule has 1 rings (SSSR count). The van der Waals surface area contributed by atoms with E-state index in [0.717, 1.165) is 6.07 Å². The Morgan fingerprint density at radius 2 is 2.14 bits per heavy atom. The summed E-state index contributed by atoms with van der Waals surface area (Å²) in [6.45, 7) is 0. The molecule has 0 aromatic heterocycles. The normalized spacial score (nSPS) is 9.64. The van der Waals surface area contributed by atoms with E-state index in [9.17, 15) is 10.1 Å². The van der Waals surface area contributed by atoms with E-state index in [0.29, 0.717) is 0 Å². The highest BCUT2D eigenvalue weighted by molar-refractivity contribution is 6.58. The molecule has 0 aliphatic rings. The van der Waals surface area contributed by atoms with Gasteiger partial charge in [-0.05, 0) is 11.5 Å². The molecule has 0 bridgehead atoms. The van der Waals surface area contributed by atoms with Crippen molar-refractivity contribution >= 4 is 18.3 Å². The van der Waals surface area contributed by atoms with Gasteiger partial charge < -0.3 is 14.8 Å². The monoisotopic (exact) mass is 197 g/mol. The minimum atomic E-state index is -1.72. The number of nitro groups is 1. The topological polar surface area (TPSA) is 92.8 Å². The van der Waals surface area contributed by atoms with Crippen LogP contribution >= 0.6 is 0 Å². The van der Waals surface area contributed by atoms with Crippen molar-refractivity contribution in [3.8, 4) is 5.75 Å². The van der Waals surface area contributed by atoms with Crippen molar-refractivity contribution in [3.05, 3.63) is 28.3 Å². The Morgan fingerprint density at radius 3 is 2.57 bits per heavy atom. The number of rotatable bonds is 3. The van der Waals surface area contributed by atoms with Gasteiger partial charge in [0.05, 0.1) is 12.0 Å². The van der Waals surface area contributed by atoms with E-state index in [-0.39, 0.29) is 16.9 Å². The number of ether oxygens (including phenoxy) is 1. The van der Waals surface area contributed by atoms with Crippen LogP contribution in [0.4, 0.5) is 5.69 Å². The smallest absolute Gasteiger partial charge is 0.488 e. The third-order valence-corrected chi connectivity index (χ3v) is 1.70. The Bertz CT molecular complexity index is 354. The van der Waals surface area contributed by atoms with Crippen LogP contribution < -0.4 is 10.2 Å². The van der Waals surface area contributed by atoms with Crippen molar-refractivity contribution in [2.75, 3.05) is 7.11 Å². The Labute approximate surface area is 80.0 Å². The summed E-state index contributed by atoms with van der Waals surface area (Å²) >= 11 is 0. The fraction of sp³-hybridized carbons (Fsp3) is 0.143. The first-order chi connectivity index (χ1) is 6.56. The van der Waals surface area contributed by atoms with Gasteiger partial charge in [0.2, 0.25) is 0 Å². The first-order valence-corrected chi connectivity index (χ1v) is 3.74. The second-order valence-corrected chi connectivity index (χ2v) is 2.56. The van der Waals surface area contributed by atoms with Gasteiger partial charge in [-0.1, -0.05) is 6.07 Å². The Balaban J connectivity index is 3.21. The second kappa shape index (κ2) is 4.08. The van der Waals surface area contributed by atoms with E-state index in [1.165, 1.54) is 19.2 Å². The van der Waals surface area contributed by atoms with Gasteiger partial charge in [0.1, 0.15) is 0 Å². The summed E-state index contributed by atoms with van der Waals surface area (Å²) < 4.78 is 4.74. The third kappa shape index (κ3) is 2.01. The second-order valence-electron chi connectivity index (χ2n) is 2.56. The van der Waals surface area contributed by atoms with E-state index in [1.54, 1.807) is 0 Å². The van der Waals surface area contributed by atoms with Crippen molar-refractivity contribution in [1.82, 2.24) is 0 Å². The predicted octanol–water partition coefficient (Wildman–Crippen LogP) is -0.717. The molecule has 2 N–H and O–H groups in total. The van der Waals surface area contributed by atoms with Gasteiger partial charge >= 0.3 is 12.8 Å². The molecule has 0 unspecified atom stereocenters. The van der Waals surface area contributed by atoms with Crippen LogP contribution in [-0.2, 0) is 0 Å². The number of benzene rings is 1. The molecule has 0 fully saturated rings. The summed E-state index contributed by atoms with van der Waals surface area (Å²) in [6.07, 6.45) is 0. The number of nitro benzene ring substituents is 1. The van der Waals surface area contributed by atoms with Crippen molar-refractivity contribution in [3.63, 3.8) is 0 Å². The number of hydrogen-bond donors (Lipinski definition) is 2. The van der Waals surface area contributed by atoms with E-state index in [2.05, 4.69) is 0 Å². The van der Waals surface area contributed by atoms with Gasteiger partial charge in [0, 0.05) is 6.07 Å². The van der Waals surface area contributed by atoms with Crippen molar-refractivity contribution in [2.24, 2.45) is 0 Å². The molecule has 0 spiro atoms. The van der Waals surface area contributed by atoms with Crippen LogP contribution in [0.3, 0.4) is 0 Å². The average Bonchev–Trinajstić information content (AvgIpc) is 2.16. The van der Waals surface area contributed by atoms with Gasteiger partial charge in [0.15, 0.2) is 5.75 Å². The molecule has 6 nitrogen and oxygen atoms in total. The molecule has 74 valence electrons. The van der Waals surface area contributed by atoms with Crippen molar-refractivity contribution in [2.45, 2.75) is 0 Å². The average molecular weight is 197 g/mol. The maximum atomic E-state index is 10.5. The molecular formula is C7H8BNO5. The lowest BCUT2D eigenvalue weighted by molar-refractivity contribution is -0.385. The Morgan fingerprint density at radius 1 is 1.50 bits per heavy atom. The molecule has 0 heterocycles. The summed E-state index contributed by atoms with van der Waals surface area (Å²) in [6, 6.07) is 3.72. The summed E-state index contributed by atoms with van der Waals surface area (Å²) in [4.78, 5) is 9.87. The standard InChI is InChI=1S/C7H8BNO5/c1-14-7-3-2-5(8(10)11)4-6(7)9(12)13/h2-4,10-11H,1H3. The van der Waals surface area contributed by atoms with Crippen LogP contribution in [0.15, 0.2) is 18.2 Å². The highest BCUT2D eigenvalue weighted by atomic mass is 16.6. The zero-order valence-electron chi connectivity index (χ0n) is 7.38. The molecule has 0 atom stereocenters. The summed E-state index contributed by atoms with van der Waals surface area (Å²) in [5.41, 5.74) is -0.240. The lowest BCUT2D eigenvalue weighted by atomic mass is 9.80. The SMILES string of the molecule is COc1ccc(B(O)O)cc1[N+](=O)[O-]. The van der Waals surface area contributed by atoms with E-state index >= 15 is 0 Å². The van der Waals surface area contributed by atoms with E-state index in [1.807, 2.05) is 0 Å². The van der Waals surface area contributed by atoms with Gasteiger partial charge in [-0.15, -0.1) is 0 Å². The van der Waals surface area contributed by atoms with E-state index in [4.69, 9.17) is 14.8 Å². The molecule has 0 saturated carbocycles. The van der Waals surface area contributed by atoms with Crippen LogP contribution in [0.1, 0.15) is 0 Å². The first kappa shape index (κ1) is 10.5. The van der Waals surface area contributed by atoms with Crippen LogP contribution in [0, 0.1) is 10.1 Å². The predicted molar refractivity (Wildman–Crippen MR) is 49.5 cm³/mol. The van der Waals surface area contributed by atoms with Gasteiger partial charge in [-0.3, -0.25) is 10.1 Å². The van der Waals surface area contributed by atoms with Gasteiger partial charge in [-0.2, -0.15) is 0 Å². The minimum absolute atomic E-state index is 0.0532. The lowest BCUT2D eigenvalue weighted by Crippen LogP contribution is -2.29. The molecule has 0 saturated heterocycles. The molecule has 0 radical (unpaired) electrons. The van der Waals surface area contributed by atoms with Crippen LogP contribution in [0.5, 0.6) is 5.75 Å². The molecule has 0 amide bonds. The number of nitrogens with zero attached hydrogens (tertiary/aromatic N) is 1. The molecule has 1 aromatic carbocycles. The van der Waals surface area contributed by atoms with Crippen molar-refractivity contribution in [1.29, 1.82) is 0 Å². The summed E-state index contributed by atoms with van der Waals surface area (Å²) in [7, 11) is -0.420. The van der Waals surface area contributed by atoms with Crippen LogP contribution in [0.2, 0.25) is 0 Å². The third-order valence-electron chi connectivity index (χ3n) is 1.70. The fourth-order valence-corrected chi connectivity index (χ4v) is 1.01. The maximum Gasteiger partial charge on any atom is 0.488 e.